The highest BCUT2D eigenvalue weighted by Gasteiger charge is 2.62. The summed E-state index contributed by atoms with van der Waals surface area (Å²) in [7, 11) is 3.29. The zero-order valence-electron chi connectivity index (χ0n) is 20.1. The van der Waals surface area contributed by atoms with Crippen LogP contribution in [-0.2, 0) is 27.7 Å². The zero-order chi connectivity index (χ0) is 24.1. The molecule has 1 saturated carbocycles. The maximum Gasteiger partial charge on any atom is 0.259 e. The van der Waals surface area contributed by atoms with Crippen LogP contribution in [0.3, 0.4) is 0 Å². The van der Waals surface area contributed by atoms with Crippen LogP contribution in [0.1, 0.15) is 38.3 Å². The van der Waals surface area contributed by atoms with Crippen LogP contribution in [0, 0.1) is 5.92 Å². The minimum Gasteiger partial charge on any atom is -0.490 e. The van der Waals surface area contributed by atoms with E-state index in [2.05, 4.69) is 17.0 Å². The molecule has 1 aliphatic heterocycles. The number of amides is 1. The number of methoxy groups -OCH3 is 1. The molecule has 1 saturated heterocycles. The van der Waals surface area contributed by atoms with Crippen LogP contribution >= 0.6 is 0 Å². The van der Waals surface area contributed by atoms with Crippen LogP contribution in [0.5, 0.6) is 11.5 Å². The minimum atomic E-state index is -1.27. The fourth-order valence-corrected chi connectivity index (χ4v) is 4.75. The molecule has 1 N–H and O–H groups in total. The van der Waals surface area contributed by atoms with Crippen LogP contribution in [0.2, 0.25) is 0 Å². The number of hydrogen-bond donors (Lipinski definition) is 1. The molecular formula is C24H34N4O6. The number of nitrogens with zero attached hydrogens (tertiary/aromatic N) is 4. The molecule has 2 aromatic heterocycles. The Bertz CT molecular complexity index is 960. The second kappa shape index (κ2) is 10.7. The highest BCUT2D eigenvalue weighted by atomic mass is 16.7. The molecule has 0 spiro atoms. The lowest BCUT2D eigenvalue weighted by Crippen LogP contribution is -2.77. The van der Waals surface area contributed by atoms with Gasteiger partial charge in [0.2, 0.25) is 0 Å². The predicted molar refractivity (Wildman–Crippen MR) is 122 cm³/mol. The van der Waals surface area contributed by atoms with E-state index in [1.165, 1.54) is 24.9 Å². The number of aromatic nitrogens is 3. The Morgan fingerprint density at radius 3 is 2.71 bits per heavy atom. The van der Waals surface area contributed by atoms with Gasteiger partial charge in [-0.25, -0.2) is 0 Å². The summed E-state index contributed by atoms with van der Waals surface area (Å²) in [6.07, 6.45) is 9.82. The van der Waals surface area contributed by atoms with E-state index in [-0.39, 0.29) is 31.8 Å². The summed E-state index contributed by atoms with van der Waals surface area (Å²) in [5, 5.41) is 13.9. The van der Waals surface area contributed by atoms with Gasteiger partial charge in [0.1, 0.15) is 31.9 Å². The van der Waals surface area contributed by atoms with E-state index in [9.17, 15) is 9.90 Å². The van der Waals surface area contributed by atoms with Gasteiger partial charge in [0, 0.05) is 38.5 Å². The fraction of sp³-hybridized carbons (Fsp3) is 0.625. The first-order valence-electron chi connectivity index (χ1n) is 11.7. The van der Waals surface area contributed by atoms with Gasteiger partial charge in [-0.1, -0.05) is 6.92 Å². The summed E-state index contributed by atoms with van der Waals surface area (Å²) < 4.78 is 24.8. The molecule has 10 nitrogen and oxygen atoms in total. The topological polar surface area (TPSA) is 108 Å². The van der Waals surface area contributed by atoms with E-state index in [0.717, 1.165) is 24.5 Å². The third-order valence-corrected chi connectivity index (χ3v) is 6.71. The van der Waals surface area contributed by atoms with Crippen molar-refractivity contribution in [3.63, 3.8) is 0 Å². The van der Waals surface area contributed by atoms with Gasteiger partial charge in [-0.2, -0.15) is 5.10 Å². The molecule has 3 heterocycles. The molecule has 186 valence electrons. The lowest BCUT2D eigenvalue weighted by molar-refractivity contribution is -0.235. The Kier molecular flexibility index (Phi) is 7.70. The number of rotatable bonds is 11. The highest BCUT2D eigenvalue weighted by molar-refractivity contribution is 5.93. The van der Waals surface area contributed by atoms with Crippen molar-refractivity contribution in [2.45, 2.75) is 56.8 Å². The molecular weight excluding hydrogens is 440 g/mol. The first-order chi connectivity index (χ1) is 16.4. The van der Waals surface area contributed by atoms with E-state index in [1.807, 2.05) is 12.1 Å². The zero-order valence-corrected chi connectivity index (χ0v) is 20.1. The number of pyridine rings is 1. The standard InChI is InChI=1S/C24H34N4O6/c1-17-4-6-19(7-5-17)34-20-8-9-25-18(10-20)11-24(33-16-31-3)22(28(15-29)23(24)30)14-32-21-12-26-27(2)13-21/h8-10,12-13,17,19,22,29H,4-7,11,14-16H2,1-3H3/t17-,19-,22-,24+/m0/s1. The molecule has 1 aliphatic carbocycles. The first-order valence-corrected chi connectivity index (χ1v) is 11.7. The average Bonchev–Trinajstić information content (AvgIpc) is 3.25. The fourth-order valence-electron chi connectivity index (χ4n) is 4.75. The average molecular weight is 475 g/mol. The number of aliphatic hydroxyl groups is 1. The quantitative estimate of drug-likeness (QED) is 0.389. The summed E-state index contributed by atoms with van der Waals surface area (Å²) >= 11 is 0. The normalized spacial score (nSPS) is 26.9. The SMILES string of the molecule is COCO[C@@]1(Cc2cc(O[C@H]3CC[C@H](C)CC3)ccn2)C(=O)N(CO)[C@H]1COc1cnn(C)c1. The second-order valence-electron chi connectivity index (χ2n) is 9.19. The van der Waals surface area contributed by atoms with Gasteiger partial charge in [-0.3, -0.25) is 14.5 Å². The Morgan fingerprint density at radius 2 is 2.03 bits per heavy atom. The van der Waals surface area contributed by atoms with E-state index in [1.54, 1.807) is 30.3 Å². The third kappa shape index (κ3) is 5.18. The summed E-state index contributed by atoms with van der Waals surface area (Å²) in [6, 6.07) is 3.17. The van der Waals surface area contributed by atoms with E-state index in [4.69, 9.17) is 18.9 Å². The third-order valence-electron chi connectivity index (χ3n) is 6.71. The highest BCUT2D eigenvalue weighted by Crippen LogP contribution is 2.38. The largest absolute Gasteiger partial charge is 0.490 e. The Balaban J connectivity index is 1.50. The van der Waals surface area contributed by atoms with Crippen molar-refractivity contribution >= 4 is 5.91 Å². The van der Waals surface area contributed by atoms with Gasteiger partial charge in [0.15, 0.2) is 11.4 Å². The summed E-state index contributed by atoms with van der Waals surface area (Å²) in [5.41, 5.74) is -0.609. The number of hydrogen-bond acceptors (Lipinski definition) is 8. The Hall–Kier alpha value is -2.69. The second-order valence-corrected chi connectivity index (χ2v) is 9.19. The molecule has 0 unspecified atom stereocenters. The Labute approximate surface area is 199 Å². The number of likely N-dealkylation sites (tertiary alicyclic amines) is 1. The summed E-state index contributed by atoms with van der Waals surface area (Å²) in [6.45, 7) is 1.89. The van der Waals surface area contributed by atoms with Crippen LogP contribution in [0.15, 0.2) is 30.7 Å². The van der Waals surface area contributed by atoms with Crippen molar-refractivity contribution in [1.29, 1.82) is 0 Å². The molecule has 2 atom stereocenters. The maximum absolute atomic E-state index is 13.1. The number of β-lactam (4-membered cyclic amide) rings is 1. The van der Waals surface area contributed by atoms with Gasteiger partial charge < -0.3 is 29.0 Å². The number of ether oxygens (including phenoxy) is 4. The molecule has 2 aromatic rings. The van der Waals surface area contributed by atoms with Crippen LogP contribution in [0.25, 0.3) is 0 Å². The molecule has 10 heteroatoms. The smallest absolute Gasteiger partial charge is 0.259 e. The number of carbonyl (C=O) groups is 1. The van der Waals surface area contributed by atoms with Gasteiger partial charge >= 0.3 is 0 Å². The van der Waals surface area contributed by atoms with Gasteiger partial charge in [-0.05, 0) is 37.7 Å². The van der Waals surface area contributed by atoms with Gasteiger partial charge in [-0.15, -0.1) is 0 Å². The Morgan fingerprint density at radius 1 is 1.24 bits per heavy atom. The van der Waals surface area contributed by atoms with Crippen molar-refractivity contribution in [2.75, 3.05) is 27.2 Å². The molecule has 0 aromatic carbocycles. The molecule has 1 amide bonds. The number of aryl methyl sites for hydroxylation is 1. The lowest BCUT2D eigenvalue weighted by atomic mass is 9.78. The van der Waals surface area contributed by atoms with Gasteiger partial charge in [0.25, 0.3) is 5.91 Å². The van der Waals surface area contributed by atoms with E-state index >= 15 is 0 Å². The van der Waals surface area contributed by atoms with E-state index < -0.39 is 18.4 Å². The molecule has 4 rings (SSSR count). The molecule has 0 radical (unpaired) electrons. The molecule has 2 aliphatic rings. The molecule has 0 bridgehead atoms. The van der Waals surface area contributed by atoms with Gasteiger partial charge in [0.05, 0.1) is 18.5 Å². The van der Waals surface area contributed by atoms with Crippen molar-refractivity contribution < 1.29 is 28.8 Å². The van der Waals surface area contributed by atoms with Crippen LogP contribution in [0.4, 0.5) is 0 Å². The lowest BCUT2D eigenvalue weighted by Gasteiger charge is -2.53. The monoisotopic (exact) mass is 474 g/mol. The van der Waals surface area contributed by atoms with Crippen LogP contribution in [-0.4, -0.2) is 75.7 Å². The molecule has 2 fully saturated rings. The van der Waals surface area contributed by atoms with Crippen LogP contribution < -0.4 is 9.47 Å². The molecule has 34 heavy (non-hydrogen) atoms. The van der Waals surface area contributed by atoms with Crippen molar-refractivity contribution in [2.24, 2.45) is 13.0 Å². The summed E-state index contributed by atoms with van der Waals surface area (Å²) in [5.74, 6) is 1.72. The minimum absolute atomic E-state index is 0.0785. The number of carbonyl (C=O) groups excluding carboxylic acids is 1. The van der Waals surface area contributed by atoms with Crippen molar-refractivity contribution in [3.05, 3.63) is 36.4 Å². The van der Waals surface area contributed by atoms with E-state index in [0.29, 0.717) is 11.4 Å². The summed E-state index contributed by atoms with van der Waals surface area (Å²) in [4.78, 5) is 18.9. The first kappa shape index (κ1) is 24.4. The van der Waals surface area contributed by atoms with Crippen molar-refractivity contribution in [1.82, 2.24) is 19.7 Å². The predicted octanol–water partition coefficient (Wildman–Crippen LogP) is 1.91. The van der Waals surface area contributed by atoms with Crippen molar-refractivity contribution in [3.8, 4) is 11.5 Å². The number of aliphatic hydroxyl groups excluding tert-OH is 1. The maximum atomic E-state index is 13.1.